The number of amides is 1. The van der Waals surface area contributed by atoms with E-state index in [1.54, 1.807) is 11.8 Å². The molecule has 0 saturated carbocycles. The number of hydrogen-bond donors (Lipinski definition) is 2. The van der Waals surface area contributed by atoms with E-state index in [2.05, 4.69) is 31.3 Å². The fourth-order valence-corrected chi connectivity index (χ4v) is 2.55. The van der Waals surface area contributed by atoms with Crippen LogP contribution in [0.15, 0.2) is 29.2 Å². The minimum Gasteiger partial charge on any atom is -0.369 e. The van der Waals surface area contributed by atoms with Gasteiger partial charge in [-0.1, -0.05) is 32.9 Å². The van der Waals surface area contributed by atoms with Crippen molar-refractivity contribution >= 4 is 17.7 Å². The van der Waals surface area contributed by atoms with Crippen LogP contribution in [0.3, 0.4) is 0 Å². The molecule has 0 bridgehead atoms. The van der Waals surface area contributed by atoms with Crippen LogP contribution in [-0.2, 0) is 11.3 Å². The number of rotatable bonds is 7. The summed E-state index contributed by atoms with van der Waals surface area (Å²) in [5, 5.41) is 3.24. The van der Waals surface area contributed by atoms with Gasteiger partial charge < -0.3 is 11.1 Å². The van der Waals surface area contributed by atoms with Gasteiger partial charge in [-0.3, -0.25) is 4.79 Å². The van der Waals surface area contributed by atoms with Crippen molar-refractivity contribution in [1.29, 1.82) is 0 Å². The fraction of sp³-hybridized carbons (Fsp3) is 0.500. The van der Waals surface area contributed by atoms with Gasteiger partial charge in [0.05, 0.1) is 5.25 Å². The summed E-state index contributed by atoms with van der Waals surface area (Å²) in [7, 11) is 0. The molecule has 1 rings (SSSR count). The second-order valence-corrected chi connectivity index (χ2v) is 5.88. The lowest BCUT2D eigenvalue weighted by Gasteiger charge is -2.12. The molecule has 18 heavy (non-hydrogen) atoms. The maximum absolute atomic E-state index is 11.2. The van der Waals surface area contributed by atoms with Gasteiger partial charge in [0.15, 0.2) is 0 Å². The van der Waals surface area contributed by atoms with E-state index < -0.39 is 0 Å². The van der Waals surface area contributed by atoms with Crippen molar-refractivity contribution in [1.82, 2.24) is 5.32 Å². The second-order valence-electron chi connectivity index (χ2n) is 4.60. The first-order chi connectivity index (χ1) is 8.52. The fourth-order valence-electron chi connectivity index (χ4n) is 1.56. The van der Waals surface area contributed by atoms with Crippen LogP contribution in [0.2, 0.25) is 0 Å². The zero-order chi connectivity index (χ0) is 13.5. The van der Waals surface area contributed by atoms with Crippen LogP contribution in [0, 0.1) is 0 Å². The molecule has 1 unspecified atom stereocenters. The van der Waals surface area contributed by atoms with E-state index in [1.165, 1.54) is 5.56 Å². The van der Waals surface area contributed by atoms with Crippen molar-refractivity contribution in [2.24, 2.45) is 5.73 Å². The Morgan fingerprint density at radius 1 is 1.44 bits per heavy atom. The van der Waals surface area contributed by atoms with Crippen LogP contribution in [0.1, 0.15) is 32.8 Å². The molecule has 1 atom stereocenters. The summed E-state index contributed by atoms with van der Waals surface area (Å²) < 4.78 is 0. The molecule has 0 heterocycles. The molecule has 0 saturated heterocycles. The molecule has 0 aliphatic carbocycles. The molecule has 1 amide bonds. The van der Waals surface area contributed by atoms with Gasteiger partial charge in [-0.2, -0.15) is 0 Å². The molecule has 4 heteroatoms. The van der Waals surface area contributed by atoms with Crippen LogP contribution in [0.5, 0.6) is 0 Å². The van der Waals surface area contributed by atoms with Crippen LogP contribution < -0.4 is 11.1 Å². The van der Waals surface area contributed by atoms with Crippen molar-refractivity contribution in [3.8, 4) is 0 Å². The van der Waals surface area contributed by atoms with E-state index in [-0.39, 0.29) is 11.2 Å². The summed E-state index contributed by atoms with van der Waals surface area (Å²) in [5.41, 5.74) is 6.59. The van der Waals surface area contributed by atoms with Crippen molar-refractivity contribution in [3.63, 3.8) is 0 Å². The van der Waals surface area contributed by atoms with E-state index in [4.69, 9.17) is 5.73 Å². The van der Waals surface area contributed by atoms with Gasteiger partial charge >= 0.3 is 0 Å². The van der Waals surface area contributed by atoms with E-state index in [0.29, 0.717) is 6.04 Å². The summed E-state index contributed by atoms with van der Waals surface area (Å²) >= 11 is 1.54. The van der Waals surface area contributed by atoms with Gasteiger partial charge in [0.2, 0.25) is 5.91 Å². The molecule has 0 aliphatic rings. The predicted molar refractivity (Wildman–Crippen MR) is 77.5 cm³/mol. The average Bonchev–Trinajstić information content (AvgIpc) is 2.33. The highest BCUT2D eigenvalue weighted by molar-refractivity contribution is 8.00. The predicted octanol–water partition coefficient (Wildman–Crippen LogP) is 2.54. The Hall–Kier alpha value is -1.00. The van der Waals surface area contributed by atoms with E-state index in [0.717, 1.165) is 17.9 Å². The monoisotopic (exact) mass is 266 g/mol. The van der Waals surface area contributed by atoms with Crippen molar-refractivity contribution in [2.45, 2.75) is 49.9 Å². The highest BCUT2D eigenvalue weighted by atomic mass is 32.2. The lowest BCUT2D eigenvalue weighted by Crippen LogP contribution is -2.24. The zero-order valence-electron chi connectivity index (χ0n) is 11.3. The van der Waals surface area contributed by atoms with Crippen LogP contribution in [0.4, 0.5) is 0 Å². The first-order valence-corrected chi connectivity index (χ1v) is 7.19. The average molecular weight is 266 g/mol. The zero-order valence-corrected chi connectivity index (χ0v) is 12.1. The summed E-state index contributed by atoms with van der Waals surface area (Å²) in [6, 6.07) is 8.72. The van der Waals surface area contributed by atoms with Crippen LogP contribution in [0.25, 0.3) is 0 Å². The third-order valence-electron chi connectivity index (χ3n) is 2.58. The standard InChI is InChI=1S/C14H22N2OS/c1-4-13(14(15)17)18-12-7-5-6-11(8-12)9-16-10(2)3/h5-8,10,13,16H,4,9H2,1-3H3,(H2,15,17). The smallest absolute Gasteiger partial charge is 0.230 e. The Bertz CT molecular complexity index is 393. The molecule has 0 aromatic heterocycles. The molecule has 3 N–H and O–H groups in total. The Morgan fingerprint density at radius 3 is 2.72 bits per heavy atom. The normalized spacial score (nSPS) is 12.7. The number of primary amides is 1. The molecule has 0 radical (unpaired) electrons. The van der Waals surface area contributed by atoms with Crippen LogP contribution >= 0.6 is 11.8 Å². The lowest BCUT2D eigenvalue weighted by molar-refractivity contribution is -0.117. The maximum Gasteiger partial charge on any atom is 0.230 e. The largest absolute Gasteiger partial charge is 0.369 e. The molecule has 3 nitrogen and oxygen atoms in total. The topological polar surface area (TPSA) is 55.1 Å². The number of carbonyl (C=O) groups is 1. The first kappa shape index (κ1) is 15.1. The molecular weight excluding hydrogens is 244 g/mol. The summed E-state index contributed by atoms with van der Waals surface area (Å²) in [6.45, 7) is 7.07. The van der Waals surface area contributed by atoms with E-state index in [1.807, 2.05) is 19.1 Å². The SMILES string of the molecule is CCC(Sc1cccc(CNC(C)C)c1)C(N)=O. The van der Waals surface area contributed by atoms with E-state index >= 15 is 0 Å². The van der Waals surface area contributed by atoms with Gasteiger partial charge in [-0.25, -0.2) is 0 Å². The Balaban J connectivity index is 2.66. The molecular formula is C14H22N2OS. The number of carbonyl (C=O) groups excluding carboxylic acids is 1. The number of nitrogens with one attached hydrogen (secondary N) is 1. The molecule has 100 valence electrons. The number of thioether (sulfide) groups is 1. The quantitative estimate of drug-likeness (QED) is 0.746. The van der Waals surface area contributed by atoms with E-state index in [9.17, 15) is 4.79 Å². The molecule has 1 aromatic rings. The highest BCUT2D eigenvalue weighted by Gasteiger charge is 2.14. The third kappa shape index (κ3) is 5.10. The Morgan fingerprint density at radius 2 is 2.17 bits per heavy atom. The van der Waals surface area contributed by atoms with Gasteiger partial charge in [-0.05, 0) is 24.1 Å². The van der Waals surface area contributed by atoms with Gasteiger partial charge in [0.1, 0.15) is 0 Å². The summed E-state index contributed by atoms with van der Waals surface area (Å²) in [4.78, 5) is 12.3. The van der Waals surface area contributed by atoms with Crippen molar-refractivity contribution in [3.05, 3.63) is 29.8 Å². The molecule has 0 aliphatic heterocycles. The van der Waals surface area contributed by atoms with Gasteiger partial charge in [0.25, 0.3) is 0 Å². The first-order valence-electron chi connectivity index (χ1n) is 6.31. The Kier molecular flexibility index (Phi) is 6.22. The third-order valence-corrected chi connectivity index (χ3v) is 3.96. The molecule has 0 fully saturated rings. The van der Waals surface area contributed by atoms with Gasteiger partial charge in [-0.15, -0.1) is 11.8 Å². The van der Waals surface area contributed by atoms with Gasteiger partial charge in [0, 0.05) is 17.5 Å². The minimum absolute atomic E-state index is 0.140. The Labute approximate surface area is 114 Å². The number of hydrogen-bond acceptors (Lipinski definition) is 3. The van der Waals surface area contributed by atoms with Crippen molar-refractivity contribution < 1.29 is 4.79 Å². The van der Waals surface area contributed by atoms with Crippen LogP contribution in [-0.4, -0.2) is 17.2 Å². The van der Waals surface area contributed by atoms with Crippen molar-refractivity contribution in [2.75, 3.05) is 0 Å². The maximum atomic E-state index is 11.2. The summed E-state index contributed by atoms with van der Waals surface area (Å²) in [5.74, 6) is -0.242. The molecule has 1 aromatic carbocycles. The summed E-state index contributed by atoms with van der Waals surface area (Å²) in [6.07, 6.45) is 0.758. The lowest BCUT2D eigenvalue weighted by atomic mass is 10.2. The number of benzene rings is 1. The number of nitrogens with two attached hydrogens (primary N) is 1. The second kappa shape index (κ2) is 7.44. The minimum atomic E-state index is -0.242. The molecule has 0 spiro atoms. The highest BCUT2D eigenvalue weighted by Crippen LogP contribution is 2.25.